The average Bonchev–Trinajstić information content (AvgIpc) is 3.21. The molecule has 12 heteroatoms. The first-order valence-corrected chi connectivity index (χ1v) is 8.98. The molecule has 4 heterocycles. The summed E-state index contributed by atoms with van der Waals surface area (Å²) in [4.78, 5) is 12.5. The third-order valence-corrected chi connectivity index (χ3v) is 4.54. The van der Waals surface area contributed by atoms with Gasteiger partial charge < -0.3 is 9.88 Å². The van der Waals surface area contributed by atoms with Crippen LogP contribution in [0, 0.1) is 6.92 Å². The topological polar surface area (TPSA) is 72.9 Å². The molecular weight excluding hydrogens is 409 g/mol. The molecule has 30 heavy (non-hydrogen) atoms. The quantitative estimate of drug-likeness (QED) is 0.472. The molecule has 0 amide bonds. The molecule has 0 saturated carbocycles. The Morgan fingerprint density at radius 2 is 1.93 bits per heavy atom. The van der Waals surface area contributed by atoms with Crippen LogP contribution in [0.4, 0.5) is 27.9 Å². The predicted molar refractivity (Wildman–Crippen MR) is 99.4 cm³/mol. The van der Waals surface area contributed by atoms with E-state index in [-0.39, 0.29) is 12.5 Å². The molecule has 4 rings (SSSR count). The Labute approximate surface area is 166 Å². The number of nitrogens with one attached hydrogen (secondary N) is 1. The number of pyridine rings is 1. The summed E-state index contributed by atoms with van der Waals surface area (Å²) in [5.41, 5.74) is 2.80. The van der Waals surface area contributed by atoms with Crippen molar-refractivity contribution in [1.82, 2.24) is 29.1 Å². The molecule has 0 unspecified atom stereocenters. The highest BCUT2D eigenvalue weighted by Crippen LogP contribution is 2.28. The van der Waals surface area contributed by atoms with Gasteiger partial charge in [0, 0.05) is 30.1 Å². The second kappa shape index (κ2) is 7.50. The molecule has 158 valence electrons. The van der Waals surface area contributed by atoms with Crippen molar-refractivity contribution >= 4 is 22.6 Å². The third-order valence-electron chi connectivity index (χ3n) is 4.54. The summed E-state index contributed by atoms with van der Waals surface area (Å²) in [7, 11) is 0. The van der Waals surface area contributed by atoms with E-state index in [0.29, 0.717) is 33.6 Å². The lowest BCUT2D eigenvalue weighted by molar-refractivity contribution is -0.131. The summed E-state index contributed by atoms with van der Waals surface area (Å²) in [6.07, 6.45) is -3.11. The molecule has 0 aromatic carbocycles. The summed E-state index contributed by atoms with van der Waals surface area (Å²) >= 11 is 0. The zero-order valence-electron chi connectivity index (χ0n) is 15.7. The minimum Gasteiger partial charge on any atom is -0.353 e. The number of aryl methyl sites for hydroxylation is 1. The molecule has 1 N–H and O–H groups in total. The smallest absolute Gasteiger partial charge is 0.353 e. The molecule has 0 aliphatic rings. The summed E-state index contributed by atoms with van der Waals surface area (Å²) in [6, 6.07) is 3.46. The van der Waals surface area contributed by atoms with E-state index in [2.05, 4.69) is 25.4 Å². The number of anilines is 1. The summed E-state index contributed by atoms with van der Waals surface area (Å²) in [5, 5.41) is 6.69. The fraction of sp³-hybridized carbons (Fsp3) is 0.333. The van der Waals surface area contributed by atoms with Crippen molar-refractivity contribution in [3.05, 3.63) is 36.5 Å². The van der Waals surface area contributed by atoms with Crippen LogP contribution < -0.4 is 5.32 Å². The highest BCUT2D eigenvalue weighted by atomic mass is 19.4. The molecule has 0 fully saturated rings. The molecule has 0 radical (unpaired) electrons. The SMILES string of the molecule is Cc1nc2ncc(-c3ccn4nc(NCCC(F)(F)F)ncc34)cc2n1CC(F)F. The molecular formula is C18H16F5N7. The van der Waals surface area contributed by atoms with Crippen molar-refractivity contribution in [3.63, 3.8) is 0 Å². The van der Waals surface area contributed by atoms with Gasteiger partial charge in [0.15, 0.2) is 5.65 Å². The third kappa shape index (κ3) is 4.02. The van der Waals surface area contributed by atoms with Crippen LogP contribution in [0.3, 0.4) is 0 Å². The van der Waals surface area contributed by atoms with Crippen molar-refractivity contribution in [3.8, 4) is 11.1 Å². The van der Waals surface area contributed by atoms with Gasteiger partial charge in [-0.25, -0.2) is 28.2 Å². The van der Waals surface area contributed by atoms with E-state index in [1.165, 1.54) is 15.3 Å². The second-order valence-electron chi connectivity index (χ2n) is 6.66. The van der Waals surface area contributed by atoms with E-state index >= 15 is 0 Å². The van der Waals surface area contributed by atoms with Crippen LogP contribution in [0.25, 0.3) is 27.8 Å². The van der Waals surface area contributed by atoms with E-state index in [4.69, 9.17) is 0 Å². The van der Waals surface area contributed by atoms with Crippen LogP contribution >= 0.6 is 0 Å². The summed E-state index contributed by atoms with van der Waals surface area (Å²) in [5.74, 6) is 0.503. The Hall–Kier alpha value is -3.31. The lowest BCUT2D eigenvalue weighted by Crippen LogP contribution is -2.16. The standard InChI is InChI=1S/C18H16F5N7/c1-10-27-16-13(29(10)9-15(19)20)6-11(7-25-16)12-2-5-30-14(12)8-26-17(28-30)24-4-3-18(21,22)23/h2,5-8,15H,3-4,9H2,1H3,(H,24,28). The number of imidazole rings is 1. The monoisotopic (exact) mass is 425 g/mol. The van der Waals surface area contributed by atoms with Crippen molar-refractivity contribution in [1.29, 1.82) is 0 Å². The Morgan fingerprint density at radius 1 is 1.13 bits per heavy atom. The maximum Gasteiger partial charge on any atom is 0.390 e. The van der Waals surface area contributed by atoms with Gasteiger partial charge in [0.1, 0.15) is 5.82 Å². The number of rotatable bonds is 6. The van der Waals surface area contributed by atoms with Crippen molar-refractivity contribution in [2.24, 2.45) is 0 Å². The molecule has 0 saturated heterocycles. The van der Waals surface area contributed by atoms with Gasteiger partial charge >= 0.3 is 6.18 Å². The second-order valence-corrected chi connectivity index (χ2v) is 6.66. The Morgan fingerprint density at radius 3 is 2.67 bits per heavy atom. The molecule has 4 aromatic heterocycles. The van der Waals surface area contributed by atoms with Crippen LogP contribution in [0.1, 0.15) is 12.2 Å². The summed E-state index contributed by atoms with van der Waals surface area (Å²) in [6.45, 7) is 0.815. The number of nitrogens with zero attached hydrogens (tertiary/aromatic N) is 6. The first kappa shape index (κ1) is 20.0. The van der Waals surface area contributed by atoms with Crippen LogP contribution in [0.5, 0.6) is 0 Å². The van der Waals surface area contributed by atoms with Crippen molar-refractivity contribution in [2.75, 3.05) is 11.9 Å². The van der Waals surface area contributed by atoms with Crippen LogP contribution in [0.2, 0.25) is 0 Å². The molecule has 0 aliphatic heterocycles. The van der Waals surface area contributed by atoms with E-state index in [9.17, 15) is 22.0 Å². The highest BCUT2D eigenvalue weighted by molar-refractivity contribution is 5.85. The van der Waals surface area contributed by atoms with E-state index < -0.39 is 25.6 Å². The van der Waals surface area contributed by atoms with Gasteiger partial charge in [0.05, 0.1) is 30.2 Å². The highest BCUT2D eigenvalue weighted by Gasteiger charge is 2.26. The number of hydrogen-bond donors (Lipinski definition) is 1. The van der Waals surface area contributed by atoms with Crippen LogP contribution in [0.15, 0.2) is 30.7 Å². The van der Waals surface area contributed by atoms with Gasteiger partial charge in [-0.3, -0.25) is 0 Å². The van der Waals surface area contributed by atoms with Crippen molar-refractivity contribution in [2.45, 2.75) is 32.5 Å². The number of aromatic nitrogens is 6. The van der Waals surface area contributed by atoms with E-state index in [1.807, 2.05) is 0 Å². The molecule has 4 aromatic rings. The predicted octanol–water partition coefficient (Wildman–Crippen LogP) is 4.08. The molecule has 7 nitrogen and oxygen atoms in total. The lowest BCUT2D eigenvalue weighted by atomic mass is 10.1. The van der Waals surface area contributed by atoms with Crippen LogP contribution in [-0.4, -0.2) is 48.3 Å². The fourth-order valence-corrected chi connectivity index (χ4v) is 3.18. The number of alkyl halides is 5. The molecule has 0 aliphatic carbocycles. The largest absolute Gasteiger partial charge is 0.390 e. The zero-order valence-corrected chi connectivity index (χ0v) is 15.7. The van der Waals surface area contributed by atoms with Gasteiger partial charge in [0.2, 0.25) is 5.95 Å². The van der Waals surface area contributed by atoms with Crippen molar-refractivity contribution < 1.29 is 22.0 Å². The first-order valence-electron chi connectivity index (χ1n) is 8.98. The molecule has 0 atom stereocenters. The Bertz CT molecular complexity index is 1200. The van der Waals surface area contributed by atoms with Gasteiger partial charge in [0.25, 0.3) is 6.43 Å². The van der Waals surface area contributed by atoms with Crippen LogP contribution in [-0.2, 0) is 6.54 Å². The van der Waals surface area contributed by atoms with E-state index in [0.717, 1.165) is 0 Å². The number of hydrogen-bond acceptors (Lipinski definition) is 5. The van der Waals surface area contributed by atoms with E-state index in [1.54, 1.807) is 31.5 Å². The first-order chi connectivity index (χ1) is 14.2. The number of fused-ring (bicyclic) bond motifs is 2. The molecule has 0 spiro atoms. The Balaban J connectivity index is 1.65. The zero-order chi connectivity index (χ0) is 21.5. The maximum atomic E-state index is 12.9. The van der Waals surface area contributed by atoms with Gasteiger partial charge in [-0.15, -0.1) is 5.10 Å². The fourth-order valence-electron chi connectivity index (χ4n) is 3.18. The average molecular weight is 425 g/mol. The number of halogens is 5. The maximum absolute atomic E-state index is 12.9. The summed E-state index contributed by atoms with van der Waals surface area (Å²) < 4.78 is 65.6. The Kier molecular flexibility index (Phi) is 5.00. The van der Waals surface area contributed by atoms with Gasteiger partial charge in [-0.05, 0) is 19.1 Å². The minimum absolute atomic E-state index is 0.0631. The van der Waals surface area contributed by atoms with Gasteiger partial charge in [-0.2, -0.15) is 13.2 Å². The minimum atomic E-state index is -4.27. The lowest BCUT2D eigenvalue weighted by Gasteiger charge is -2.08. The van der Waals surface area contributed by atoms with Gasteiger partial charge in [-0.1, -0.05) is 0 Å². The normalized spacial score (nSPS) is 12.4. The molecule has 0 bridgehead atoms.